The number of aromatic carboxylic acids is 1. The third kappa shape index (κ3) is 3.99. The van der Waals surface area contributed by atoms with Gasteiger partial charge in [0.2, 0.25) is 0 Å². The number of nitrogens with zero attached hydrogens (tertiary/aromatic N) is 1. The second-order valence-corrected chi connectivity index (χ2v) is 6.18. The first kappa shape index (κ1) is 18.3. The van der Waals surface area contributed by atoms with Gasteiger partial charge in [0.1, 0.15) is 23.5 Å². The van der Waals surface area contributed by atoms with Gasteiger partial charge < -0.3 is 9.84 Å². The topological polar surface area (TPSA) is 49.8 Å². The van der Waals surface area contributed by atoms with Crippen LogP contribution in [0.3, 0.4) is 0 Å². The summed E-state index contributed by atoms with van der Waals surface area (Å²) in [6.07, 6.45) is -4.51. The van der Waals surface area contributed by atoms with Crippen LogP contribution in [-0.4, -0.2) is 41.3 Å². The summed E-state index contributed by atoms with van der Waals surface area (Å²) in [7, 11) is 0. The summed E-state index contributed by atoms with van der Waals surface area (Å²) in [6.45, 7) is 0.298. The average molecular weight is 365 g/mol. The third-order valence-corrected chi connectivity index (χ3v) is 4.38. The zero-order valence-electron chi connectivity index (χ0n) is 13.8. The predicted molar refractivity (Wildman–Crippen MR) is 89.2 cm³/mol. The van der Waals surface area contributed by atoms with Crippen molar-refractivity contribution in [1.29, 1.82) is 0 Å². The van der Waals surface area contributed by atoms with E-state index in [9.17, 15) is 23.1 Å². The Morgan fingerprint density at radius 3 is 2.42 bits per heavy atom. The number of rotatable bonds is 5. The van der Waals surface area contributed by atoms with E-state index < -0.39 is 24.3 Å². The molecule has 0 spiro atoms. The molecule has 0 bridgehead atoms. The molecule has 1 fully saturated rings. The molecule has 1 heterocycles. The van der Waals surface area contributed by atoms with Crippen molar-refractivity contribution < 1.29 is 27.8 Å². The minimum atomic E-state index is -4.41. The van der Waals surface area contributed by atoms with E-state index in [0.717, 1.165) is 0 Å². The first-order chi connectivity index (χ1) is 12.4. The molecule has 0 saturated carbocycles. The van der Waals surface area contributed by atoms with Gasteiger partial charge in [0.15, 0.2) is 0 Å². The maximum atomic E-state index is 13.6. The Hall–Kier alpha value is -2.54. The summed E-state index contributed by atoms with van der Waals surface area (Å²) in [4.78, 5) is 12.6. The monoisotopic (exact) mass is 365 g/mol. The predicted octanol–water partition coefficient (Wildman–Crippen LogP) is 4.14. The molecule has 1 aliphatic heterocycles. The maximum Gasteiger partial charge on any atom is 0.408 e. The maximum absolute atomic E-state index is 13.6. The number of carboxylic acid groups (broad SMARTS) is 1. The smallest absolute Gasteiger partial charge is 0.408 e. The van der Waals surface area contributed by atoms with Crippen LogP contribution in [0.4, 0.5) is 13.2 Å². The van der Waals surface area contributed by atoms with Crippen LogP contribution >= 0.6 is 0 Å². The number of benzene rings is 2. The average Bonchev–Trinajstić information content (AvgIpc) is 3.03. The van der Waals surface area contributed by atoms with Gasteiger partial charge in [0.05, 0.1) is 0 Å². The molecule has 0 aromatic heterocycles. The quantitative estimate of drug-likeness (QED) is 0.865. The second kappa shape index (κ2) is 7.37. The standard InChI is InChI=1S/C19H18F3NO3/c20-19(21,22)17(13-6-2-1-3-7-13)23-11-10-14(12-23)26-16-9-5-4-8-15(16)18(24)25/h1-9,14,17H,10-12H2,(H,24,25). The van der Waals surface area contributed by atoms with Gasteiger partial charge in [-0.2, -0.15) is 13.2 Å². The number of hydrogen-bond donors (Lipinski definition) is 1. The SMILES string of the molecule is O=C(O)c1ccccc1OC1CCN(C(c2ccccc2)C(F)(F)F)C1. The Morgan fingerprint density at radius 2 is 1.77 bits per heavy atom. The number of carboxylic acids is 1. The van der Waals surface area contributed by atoms with E-state index in [1.165, 1.54) is 29.2 Å². The van der Waals surface area contributed by atoms with Crippen molar-refractivity contribution in [3.8, 4) is 5.75 Å². The number of para-hydroxylation sites is 1. The molecule has 1 N–H and O–H groups in total. The summed E-state index contributed by atoms with van der Waals surface area (Å²) in [5, 5.41) is 9.20. The van der Waals surface area contributed by atoms with E-state index in [2.05, 4.69) is 0 Å². The van der Waals surface area contributed by atoms with Crippen molar-refractivity contribution in [1.82, 2.24) is 4.90 Å². The molecule has 0 amide bonds. The van der Waals surface area contributed by atoms with Gasteiger partial charge in [0, 0.05) is 13.1 Å². The number of ether oxygens (including phenoxy) is 1. The van der Waals surface area contributed by atoms with Crippen molar-refractivity contribution in [3.63, 3.8) is 0 Å². The van der Waals surface area contributed by atoms with Crippen LogP contribution in [0, 0.1) is 0 Å². The van der Waals surface area contributed by atoms with E-state index in [0.29, 0.717) is 6.42 Å². The van der Waals surface area contributed by atoms with Gasteiger partial charge >= 0.3 is 12.1 Å². The van der Waals surface area contributed by atoms with Gasteiger partial charge in [0.25, 0.3) is 0 Å². The summed E-state index contributed by atoms with van der Waals surface area (Å²) in [6, 6.07) is 12.2. The summed E-state index contributed by atoms with van der Waals surface area (Å²) < 4.78 is 46.6. The number of hydrogen-bond acceptors (Lipinski definition) is 3. The molecular formula is C19H18F3NO3. The zero-order valence-corrected chi connectivity index (χ0v) is 13.8. The Bertz CT molecular complexity index is 764. The molecule has 2 unspecified atom stereocenters. The van der Waals surface area contributed by atoms with Crippen molar-refractivity contribution in [3.05, 3.63) is 65.7 Å². The van der Waals surface area contributed by atoms with Gasteiger partial charge in [-0.1, -0.05) is 42.5 Å². The first-order valence-corrected chi connectivity index (χ1v) is 8.21. The molecule has 2 aromatic carbocycles. The van der Waals surface area contributed by atoms with Crippen molar-refractivity contribution in [2.45, 2.75) is 24.7 Å². The Balaban J connectivity index is 1.76. The number of alkyl halides is 3. The lowest BCUT2D eigenvalue weighted by molar-refractivity contribution is -0.184. The molecule has 0 aliphatic carbocycles. The molecule has 7 heteroatoms. The van der Waals surface area contributed by atoms with Crippen molar-refractivity contribution >= 4 is 5.97 Å². The lowest BCUT2D eigenvalue weighted by Crippen LogP contribution is -2.38. The second-order valence-electron chi connectivity index (χ2n) is 6.18. The van der Waals surface area contributed by atoms with Crippen molar-refractivity contribution in [2.75, 3.05) is 13.1 Å². The molecule has 0 radical (unpaired) electrons. The molecule has 4 nitrogen and oxygen atoms in total. The van der Waals surface area contributed by atoms with Crippen molar-refractivity contribution in [2.24, 2.45) is 0 Å². The zero-order chi connectivity index (χ0) is 18.7. The summed E-state index contributed by atoms with van der Waals surface area (Å²) >= 11 is 0. The van der Waals surface area contributed by atoms with Crippen LogP contribution in [0.5, 0.6) is 5.75 Å². The van der Waals surface area contributed by atoms with Crippen LogP contribution in [0.15, 0.2) is 54.6 Å². The van der Waals surface area contributed by atoms with Crippen LogP contribution in [0.25, 0.3) is 0 Å². The highest BCUT2D eigenvalue weighted by atomic mass is 19.4. The number of likely N-dealkylation sites (tertiary alicyclic amines) is 1. The van der Waals surface area contributed by atoms with Crippen LogP contribution in [0.2, 0.25) is 0 Å². The minimum Gasteiger partial charge on any atom is -0.488 e. The Morgan fingerprint density at radius 1 is 1.12 bits per heavy atom. The Kier molecular flexibility index (Phi) is 5.18. The van der Waals surface area contributed by atoms with E-state index in [-0.39, 0.29) is 30.0 Å². The highest BCUT2D eigenvalue weighted by Gasteiger charge is 2.47. The summed E-state index contributed by atoms with van der Waals surface area (Å²) in [5.41, 5.74) is 0.188. The Labute approximate surface area is 148 Å². The van der Waals surface area contributed by atoms with Crippen LogP contribution in [-0.2, 0) is 0 Å². The van der Waals surface area contributed by atoms with E-state index >= 15 is 0 Å². The molecule has 2 aromatic rings. The molecular weight excluding hydrogens is 347 g/mol. The van der Waals surface area contributed by atoms with Gasteiger partial charge in [-0.15, -0.1) is 0 Å². The van der Waals surface area contributed by atoms with E-state index in [1.54, 1.807) is 30.3 Å². The van der Waals surface area contributed by atoms with Gasteiger partial charge in [-0.25, -0.2) is 4.79 Å². The lowest BCUT2D eigenvalue weighted by Gasteiger charge is -2.30. The summed E-state index contributed by atoms with van der Waals surface area (Å²) in [5.74, 6) is -0.956. The van der Waals surface area contributed by atoms with Gasteiger partial charge in [-0.3, -0.25) is 4.90 Å². The number of carbonyl (C=O) groups is 1. The fourth-order valence-corrected chi connectivity index (χ4v) is 3.25. The molecule has 1 saturated heterocycles. The van der Waals surface area contributed by atoms with E-state index in [1.807, 2.05) is 0 Å². The minimum absolute atomic E-state index is 0.00128. The first-order valence-electron chi connectivity index (χ1n) is 8.21. The molecule has 138 valence electrons. The molecule has 3 rings (SSSR count). The highest BCUT2D eigenvalue weighted by molar-refractivity contribution is 5.90. The molecule has 1 aliphatic rings. The molecule has 2 atom stereocenters. The number of halogens is 3. The van der Waals surface area contributed by atoms with Crippen LogP contribution < -0.4 is 4.74 Å². The normalized spacial score (nSPS) is 19.3. The molecule has 26 heavy (non-hydrogen) atoms. The van der Waals surface area contributed by atoms with Crippen LogP contribution in [0.1, 0.15) is 28.4 Å². The van der Waals surface area contributed by atoms with Gasteiger partial charge in [-0.05, 0) is 24.1 Å². The fourth-order valence-electron chi connectivity index (χ4n) is 3.25. The lowest BCUT2D eigenvalue weighted by atomic mass is 10.1. The fraction of sp³-hybridized carbons (Fsp3) is 0.316. The van der Waals surface area contributed by atoms with E-state index in [4.69, 9.17) is 4.74 Å². The largest absolute Gasteiger partial charge is 0.488 e. The highest BCUT2D eigenvalue weighted by Crippen LogP contribution is 2.39. The third-order valence-electron chi connectivity index (χ3n) is 4.38.